The molecule has 0 amide bonds. The van der Waals surface area contributed by atoms with Crippen LogP contribution in [-0.2, 0) is 29.8 Å². The Balaban J connectivity index is 0.00000176. The van der Waals surface area contributed by atoms with Crippen LogP contribution in [0.15, 0.2) is 18.2 Å². The van der Waals surface area contributed by atoms with E-state index in [0.29, 0.717) is 25.6 Å². The summed E-state index contributed by atoms with van der Waals surface area (Å²) in [6.07, 6.45) is 2.07. The highest BCUT2D eigenvalue weighted by atomic mass is 35.5. The first-order chi connectivity index (χ1) is 10.0. The number of hydrogen-bond acceptors (Lipinski definition) is 3. The Bertz CT molecular complexity index is 621. The lowest BCUT2D eigenvalue weighted by atomic mass is 10.0. The highest BCUT2D eigenvalue weighted by Gasteiger charge is 2.26. The summed E-state index contributed by atoms with van der Waals surface area (Å²) in [6, 6.07) is 6.19. The SMILES string of the molecule is CC1CCCN(S(=O)(=O)NCc2ccc3c(c2)CNC3)C1.Cl. The number of nitrogens with one attached hydrogen (secondary N) is 2. The van der Waals surface area contributed by atoms with Gasteiger partial charge < -0.3 is 5.32 Å². The van der Waals surface area contributed by atoms with Crippen LogP contribution in [-0.4, -0.2) is 25.8 Å². The van der Waals surface area contributed by atoms with Crippen LogP contribution in [0.3, 0.4) is 0 Å². The first kappa shape index (κ1) is 17.7. The van der Waals surface area contributed by atoms with E-state index in [1.54, 1.807) is 4.31 Å². The lowest BCUT2D eigenvalue weighted by Crippen LogP contribution is -2.45. The van der Waals surface area contributed by atoms with E-state index >= 15 is 0 Å². The van der Waals surface area contributed by atoms with Crippen LogP contribution >= 0.6 is 12.4 Å². The van der Waals surface area contributed by atoms with Crippen molar-refractivity contribution >= 4 is 22.6 Å². The Morgan fingerprint density at radius 1 is 1.32 bits per heavy atom. The Kier molecular flexibility index (Phi) is 5.85. The van der Waals surface area contributed by atoms with Crippen LogP contribution < -0.4 is 10.0 Å². The average Bonchev–Trinajstić information content (AvgIpc) is 2.93. The smallest absolute Gasteiger partial charge is 0.279 e. The molecule has 0 saturated carbocycles. The fraction of sp³-hybridized carbons (Fsp3) is 0.600. The first-order valence-electron chi connectivity index (χ1n) is 7.61. The van der Waals surface area contributed by atoms with E-state index in [4.69, 9.17) is 0 Å². The standard InChI is InChI=1S/C15H23N3O2S.ClH/c1-12-3-2-6-18(11-12)21(19,20)17-8-13-4-5-14-9-16-10-15(14)7-13;/h4-5,7,12,16-17H,2-3,6,8-11H2,1H3;1H. The predicted octanol–water partition coefficient (Wildman–Crippen LogP) is 1.78. The molecular weight excluding hydrogens is 322 g/mol. The van der Waals surface area contributed by atoms with Crippen LogP contribution in [0.2, 0.25) is 0 Å². The number of rotatable bonds is 4. The van der Waals surface area contributed by atoms with Gasteiger partial charge in [-0.3, -0.25) is 0 Å². The molecule has 1 fully saturated rings. The molecule has 0 bridgehead atoms. The molecule has 3 rings (SSSR count). The van der Waals surface area contributed by atoms with Gasteiger partial charge in [0.25, 0.3) is 10.2 Å². The van der Waals surface area contributed by atoms with Gasteiger partial charge in [0.2, 0.25) is 0 Å². The molecule has 124 valence electrons. The minimum atomic E-state index is -3.36. The van der Waals surface area contributed by atoms with E-state index in [-0.39, 0.29) is 12.4 Å². The Morgan fingerprint density at radius 3 is 2.86 bits per heavy atom. The molecule has 2 heterocycles. The predicted molar refractivity (Wildman–Crippen MR) is 90.0 cm³/mol. The van der Waals surface area contributed by atoms with E-state index in [2.05, 4.69) is 29.1 Å². The minimum absolute atomic E-state index is 0. The van der Waals surface area contributed by atoms with E-state index < -0.39 is 10.2 Å². The lowest BCUT2D eigenvalue weighted by Gasteiger charge is -2.30. The fourth-order valence-electron chi connectivity index (χ4n) is 3.09. The van der Waals surface area contributed by atoms with Gasteiger partial charge in [-0.2, -0.15) is 17.4 Å². The third kappa shape index (κ3) is 4.00. The van der Waals surface area contributed by atoms with Crippen LogP contribution in [0.4, 0.5) is 0 Å². The van der Waals surface area contributed by atoms with Crippen LogP contribution in [0.5, 0.6) is 0 Å². The van der Waals surface area contributed by atoms with Gasteiger partial charge in [-0.1, -0.05) is 25.1 Å². The fourth-order valence-corrected chi connectivity index (χ4v) is 4.44. The molecule has 0 aliphatic carbocycles. The molecule has 2 aliphatic rings. The molecule has 0 aromatic heterocycles. The van der Waals surface area contributed by atoms with Crippen molar-refractivity contribution in [3.8, 4) is 0 Å². The third-order valence-corrected chi connectivity index (χ3v) is 5.84. The molecule has 1 saturated heterocycles. The van der Waals surface area contributed by atoms with Crippen LogP contribution in [0, 0.1) is 5.92 Å². The van der Waals surface area contributed by atoms with Gasteiger partial charge in [-0.05, 0) is 35.4 Å². The van der Waals surface area contributed by atoms with Gasteiger partial charge in [-0.25, -0.2) is 0 Å². The summed E-state index contributed by atoms with van der Waals surface area (Å²) in [5.41, 5.74) is 3.61. The number of hydrogen-bond donors (Lipinski definition) is 2. The second-order valence-electron chi connectivity index (χ2n) is 6.14. The number of halogens is 1. The Hall–Kier alpha value is -0.660. The van der Waals surface area contributed by atoms with Gasteiger partial charge >= 0.3 is 0 Å². The maximum Gasteiger partial charge on any atom is 0.279 e. The summed E-state index contributed by atoms with van der Waals surface area (Å²) < 4.78 is 29.0. The second kappa shape index (κ2) is 7.27. The number of piperidine rings is 1. The minimum Gasteiger partial charge on any atom is -0.309 e. The van der Waals surface area contributed by atoms with Crippen LogP contribution in [0.25, 0.3) is 0 Å². The topological polar surface area (TPSA) is 61.4 Å². The zero-order chi connectivity index (χ0) is 14.9. The molecular formula is C15H24ClN3O2S. The molecule has 2 N–H and O–H groups in total. The molecule has 1 aromatic carbocycles. The van der Waals surface area contributed by atoms with Crippen molar-refractivity contribution in [3.05, 3.63) is 34.9 Å². The molecule has 0 radical (unpaired) electrons. The summed E-state index contributed by atoms with van der Waals surface area (Å²) in [5.74, 6) is 0.446. The monoisotopic (exact) mass is 345 g/mol. The molecule has 0 spiro atoms. The largest absolute Gasteiger partial charge is 0.309 e. The number of nitrogens with zero attached hydrogens (tertiary/aromatic N) is 1. The molecule has 7 heteroatoms. The van der Waals surface area contributed by atoms with E-state index in [1.807, 2.05) is 6.07 Å². The number of benzene rings is 1. The maximum absolute atomic E-state index is 12.3. The van der Waals surface area contributed by atoms with Gasteiger partial charge in [0.15, 0.2) is 0 Å². The molecule has 1 aromatic rings. The van der Waals surface area contributed by atoms with Gasteiger partial charge in [-0.15, -0.1) is 12.4 Å². The normalized spacial score (nSPS) is 22.1. The molecule has 1 atom stereocenters. The van der Waals surface area contributed by atoms with Crippen molar-refractivity contribution in [2.24, 2.45) is 5.92 Å². The van der Waals surface area contributed by atoms with Crippen molar-refractivity contribution in [1.82, 2.24) is 14.3 Å². The zero-order valence-electron chi connectivity index (χ0n) is 12.8. The summed E-state index contributed by atoms with van der Waals surface area (Å²) in [4.78, 5) is 0. The summed E-state index contributed by atoms with van der Waals surface area (Å²) in [7, 11) is -3.36. The highest BCUT2D eigenvalue weighted by molar-refractivity contribution is 7.87. The van der Waals surface area contributed by atoms with Gasteiger partial charge in [0.05, 0.1) is 0 Å². The van der Waals surface area contributed by atoms with Gasteiger partial charge in [0.1, 0.15) is 0 Å². The molecule has 5 nitrogen and oxygen atoms in total. The first-order valence-corrected chi connectivity index (χ1v) is 9.05. The van der Waals surface area contributed by atoms with E-state index in [9.17, 15) is 8.42 Å². The van der Waals surface area contributed by atoms with Crippen molar-refractivity contribution in [2.45, 2.75) is 39.4 Å². The van der Waals surface area contributed by atoms with Crippen LogP contribution in [0.1, 0.15) is 36.5 Å². The van der Waals surface area contributed by atoms with Crippen molar-refractivity contribution in [2.75, 3.05) is 13.1 Å². The van der Waals surface area contributed by atoms with Crippen molar-refractivity contribution < 1.29 is 8.42 Å². The molecule has 1 unspecified atom stereocenters. The second-order valence-corrected chi connectivity index (χ2v) is 7.89. The lowest BCUT2D eigenvalue weighted by molar-refractivity contribution is 0.278. The zero-order valence-corrected chi connectivity index (χ0v) is 14.5. The van der Waals surface area contributed by atoms with Gasteiger partial charge in [0, 0.05) is 32.7 Å². The maximum atomic E-state index is 12.3. The Labute approximate surface area is 139 Å². The highest BCUT2D eigenvalue weighted by Crippen LogP contribution is 2.19. The third-order valence-electron chi connectivity index (χ3n) is 4.32. The summed E-state index contributed by atoms with van der Waals surface area (Å²) >= 11 is 0. The molecule has 22 heavy (non-hydrogen) atoms. The summed E-state index contributed by atoms with van der Waals surface area (Å²) in [5, 5.41) is 3.30. The Morgan fingerprint density at radius 2 is 2.09 bits per heavy atom. The average molecular weight is 346 g/mol. The quantitative estimate of drug-likeness (QED) is 0.874. The van der Waals surface area contributed by atoms with E-state index in [0.717, 1.165) is 31.5 Å². The van der Waals surface area contributed by atoms with Crippen molar-refractivity contribution in [3.63, 3.8) is 0 Å². The number of fused-ring (bicyclic) bond motifs is 1. The van der Waals surface area contributed by atoms with Crippen molar-refractivity contribution in [1.29, 1.82) is 0 Å². The molecule has 2 aliphatic heterocycles. The summed E-state index contributed by atoms with van der Waals surface area (Å²) in [6.45, 7) is 5.51. The van der Waals surface area contributed by atoms with E-state index in [1.165, 1.54) is 11.1 Å².